The Morgan fingerprint density at radius 2 is 2.08 bits per heavy atom. The van der Waals surface area contributed by atoms with Gasteiger partial charge in [-0.25, -0.2) is 0 Å². The summed E-state index contributed by atoms with van der Waals surface area (Å²) in [5, 5.41) is 1.12. The average molecular weight is 366 g/mol. The molecule has 0 radical (unpaired) electrons. The zero-order valence-electron chi connectivity index (χ0n) is 17.1. The lowest BCUT2D eigenvalue weighted by Crippen LogP contribution is -2.36. The lowest BCUT2D eigenvalue weighted by Gasteiger charge is -2.34. The second-order valence-electron chi connectivity index (χ2n) is 8.95. The van der Waals surface area contributed by atoms with Crippen molar-refractivity contribution in [2.45, 2.75) is 79.8 Å². The van der Waals surface area contributed by atoms with Gasteiger partial charge in [0.15, 0.2) is 5.78 Å². The minimum atomic E-state index is -0.188. The Morgan fingerprint density at radius 1 is 1.40 bits per heavy atom. The van der Waals surface area contributed by atoms with E-state index in [4.69, 9.17) is 4.74 Å². The van der Waals surface area contributed by atoms with Gasteiger partial charge < -0.3 is 9.64 Å². The maximum absolute atomic E-state index is 12.9. The minimum Gasteiger partial charge on any atom is -0.376 e. The fourth-order valence-corrected chi connectivity index (χ4v) is 4.92. The van der Waals surface area contributed by atoms with Crippen molar-refractivity contribution in [2.24, 2.45) is 11.3 Å². The van der Waals surface area contributed by atoms with Crippen LogP contribution in [0.2, 0.25) is 0 Å². The van der Waals surface area contributed by atoms with Crippen LogP contribution in [0.15, 0.2) is 21.7 Å². The molecule has 0 N–H and O–H groups in total. The molecule has 0 aromatic rings. The average Bonchev–Trinajstić information content (AvgIpc) is 2.80. The summed E-state index contributed by atoms with van der Waals surface area (Å²) in [6, 6.07) is 0. The van der Waals surface area contributed by atoms with E-state index in [2.05, 4.69) is 53.4 Å². The standard InChI is InChI=1S/C21H35NO2S/c1-8-9-11-22-15(2)19(20(3,4)5)25-18(22)13-17(23)16-10-12-24-21(6,7)14-16/h13,16H,8-12,14H2,1-7H3/b18-13-. The summed E-state index contributed by atoms with van der Waals surface area (Å²) < 4.78 is 5.77. The molecule has 2 heterocycles. The molecule has 0 amide bonds. The molecule has 0 aromatic heterocycles. The summed E-state index contributed by atoms with van der Waals surface area (Å²) in [5.41, 5.74) is 1.24. The maximum Gasteiger partial charge on any atom is 0.161 e. The number of nitrogens with zero attached hydrogens (tertiary/aromatic N) is 1. The van der Waals surface area contributed by atoms with E-state index in [-0.39, 0.29) is 22.7 Å². The summed E-state index contributed by atoms with van der Waals surface area (Å²) >= 11 is 1.79. The van der Waals surface area contributed by atoms with E-state index in [0.29, 0.717) is 6.61 Å². The lowest BCUT2D eigenvalue weighted by atomic mass is 9.85. The fourth-order valence-electron chi connectivity index (χ4n) is 3.63. The van der Waals surface area contributed by atoms with E-state index >= 15 is 0 Å². The van der Waals surface area contributed by atoms with Crippen LogP contribution < -0.4 is 0 Å². The predicted molar refractivity (Wildman–Crippen MR) is 107 cm³/mol. The van der Waals surface area contributed by atoms with Crippen LogP contribution in [0.1, 0.15) is 74.1 Å². The number of carbonyl (C=O) groups excluding carboxylic acids is 1. The third kappa shape index (κ3) is 5.13. The van der Waals surface area contributed by atoms with Crippen LogP contribution in [0.25, 0.3) is 0 Å². The highest BCUT2D eigenvalue weighted by molar-refractivity contribution is 8.07. The molecule has 4 heteroatoms. The first-order valence-corrected chi connectivity index (χ1v) is 10.4. The van der Waals surface area contributed by atoms with Crippen LogP contribution in [-0.4, -0.2) is 29.4 Å². The Hall–Kier alpha value is -0.740. The number of ether oxygens (including phenoxy) is 1. The SMILES string of the molecule is CCCCN1C(C)=C(C(C)(C)C)S/C1=C\C(=O)C1CCOC(C)(C)C1. The van der Waals surface area contributed by atoms with Crippen molar-refractivity contribution in [3.63, 3.8) is 0 Å². The van der Waals surface area contributed by atoms with Crippen LogP contribution in [0.4, 0.5) is 0 Å². The Morgan fingerprint density at radius 3 is 2.64 bits per heavy atom. The number of carbonyl (C=O) groups is 1. The fraction of sp³-hybridized carbons (Fsp3) is 0.762. The molecule has 0 saturated carbocycles. The number of unbranched alkanes of at least 4 members (excludes halogenated alkanes) is 1. The van der Waals surface area contributed by atoms with Crippen LogP contribution in [0.5, 0.6) is 0 Å². The smallest absolute Gasteiger partial charge is 0.161 e. The number of hydrogen-bond donors (Lipinski definition) is 0. The zero-order valence-corrected chi connectivity index (χ0v) is 17.9. The van der Waals surface area contributed by atoms with Gasteiger partial charge >= 0.3 is 0 Å². The monoisotopic (exact) mass is 365 g/mol. The van der Waals surface area contributed by atoms with Crippen LogP contribution in [-0.2, 0) is 9.53 Å². The molecule has 2 aliphatic rings. The molecule has 1 saturated heterocycles. The first-order valence-electron chi connectivity index (χ1n) is 9.61. The molecule has 1 unspecified atom stereocenters. The molecule has 1 atom stereocenters. The van der Waals surface area contributed by atoms with Crippen LogP contribution in [0.3, 0.4) is 0 Å². The summed E-state index contributed by atoms with van der Waals surface area (Å²) in [6.45, 7) is 17.0. The van der Waals surface area contributed by atoms with Gasteiger partial charge in [0, 0.05) is 35.7 Å². The van der Waals surface area contributed by atoms with E-state index in [1.54, 1.807) is 11.8 Å². The van der Waals surface area contributed by atoms with Crippen molar-refractivity contribution in [2.75, 3.05) is 13.2 Å². The largest absolute Gasteiger partial charge is 0.376 e. The van der Waals surface area contributed by atoms with Crippen molar-refractivity contribution in [1.29, 1.82) is 0 Å². The van der Waals surface area contributed by atoms with E-state index < -0.39 is 0 Å². The summed E-state index contributed by atoms with van der Waals surface area (Å²) in [5.74, 6) is 0.354. The van der Waals surface area contributed by atoms with Gasteiger partial charge in [-0.1, -0.05) is 45.9 Å². The lowest BCUT2D eigenvalue weighted by molar-refractivity contribution is -0.128. The summed E-state index contributed by atoms with van der Waals surface area (Å²) in [6.07, 6.45) is 5.87. The highest BCUT2D eigenvalue weighted by Gasteiger charge is 2.35. The van der Waals surface area contributed by atoms with Gasteiger partial charge in [0.05, 0.1) is 10.6 Å². The molecular formula is C21H35NO2S. The van der Waals surface area contributed by atoms with Gasteiger partial charge in [0.25, 0.3) is 0 Å². The van der Waals surface area contributed by atoms with Crippen molar-refractivity contribution < 1.29 is 9.53 Å². The summed E-state index contributed by atoms with van der Waals surface area (Å²) in [4.78, 5) is 16.7. The van der Waals surface area contributed by atoms with Crippen molar-refractivity contribution in [1.82, 2.24) is 4.90 Å². The minimum absolute atomic E-state index is 0.0869. The quantitative estimate of drug-likeness (QED) is 0.582. The van der Waals surface area contributed by atoms with Crippen molar-refractivity contribution in [3.05, 3.63) is 21.7 Å². The Balaban J connectivity index is 2.21. The second-order valence-corrected chi connectivity index (χ2v) is 9.99. The van der Waals surface area contributed by atoms with E-state index in [9.17, 15) is 4.79 Å². The molecule has 0 spiro atoms. The van der Waals surface area contributed by atoms with E-state index in [1.165, 1.54) is 10.6 Å². The number of ketones is 1. The molecule has 3 nitrogen and oxygen atoms in total. The van der Waals surface area contributed by atoms with E-state index in [1.807, 2.05) is 6.08 Å². The van der Waals surface area contributed by atoms with Gasteiger partial charge in [0.2, 0.25) is 0 Å². The normalized spacial score (nSPS) is 25.8. The molecule has 142 valence electrons. The number of thioether (sulfide) groups is 1. The Bertz CT molecular complexity index is 569. The Kier molecular flexibility index (Phi) is 6.48. The van der Waals surface area contributed by atoms with E-state index in [0.717, 1.165) is 37.3 Å². The molecule has 2 rings (SSSR count). The number of hydrogen-bond acceptors (Lipinski definition) is 4. The molecule has 2 aliphatic heterocycles. The zero-order chi connectivity index (χ0) is 18.8. The van der Waals surface area contributed by atoms with Gasteiger partial charge in [-0.15, -0.1) is 0 Å². The van der Waals surface area contributed by atoms with Crippen LogP contribution >= 0.6 is 11.8 Å². The Labute approximate surface area is 158 Å². The van der Waals surface area contributed by atoms with Crippen LogP contribution in [0, 0.1) is 11.3 Å². The first kappa shape index (κ1) is 20.6. The van der Waals surface area contributed by atoms with Crippen molar-refractivity contribution in [3.8, 4) is 0 Å². The molecule has 25 heavy (non-hydrogen) atoms. The van der Waals surface area contributed by atoms with Gasteiger partial charge in [-0.3, -0.25) is 4.79 Å². The van der Waals surface area contributed by atoms with Gasteiger partial charge in [0.1, 0.15) is 0 Å². The third-order valence-corrected chi connectivity index (χ3v) is 6.65. The summed E-state index contributed by atoms with van der Waals surface area (Å²) in [7, 11) is 0. The highest BCUT2D eigenvalue weighted by Crippen LogP contribution is 2.49. The molecule has 1 fully saturated rings. The molecule has 0 bridgehead atoms. The molecule has 0 aliphatic carbocycles. The first-order chi connectivity index (χ1) is 11.5. The maximum atomic E-state index is 12.9. The highest BCUT2D eigenvalue weighted by atomic mass is 32.2. The van der Waals surface area contributed by atoms with Crippen molar-refractivity contribution >= 4 is 17.5 Å². The molecule has 0 aromatic carbocycles. The van der Waals surface area contributed by atoms with Gasteiger partial charge in [-0.05, 0) is 45.4 Å². The predicted octanol–water partition coefficient (Wildman–Crippen LogP) is 5.73. The number of rotatable bonds is 5. The number of allylic oxidation sites excluding steroid dienone is 3. The van der Waals surface area contributed by atoms with Gasteiger partial charge in [-0.2, -0.15) is 0 Å². The topological polar surface area (TPSA) is 29.5 Å². The molecular weight excluding hydrogens is 330 g/mol. The third-order valence-electron chi connectivity index (χ3n) is 4.99. The second kappa shape index (κ2) is 7.87.